The maximum absolute atomic E-state index is 5.79. The first-order valence-electron chi connectivity index (χ1n) is 6.33. The first kappa shape index (κ1) is 12.2. The molecule has 1 aromatic carbocycles. The van der Waals surface area contributed by atoms with Crippen molar-refractivity contribution in [3.05, 3.63) is 35.5 Å². The highest BCUT2D eigenvalue weighted by Gasteiger charge is 2.13. The molecule has 0 spiro atoms. The molecule has 0 aliphatic heterocycles. The highest BCUT2D eigenvalue weighted by Crippen LogP contribution is 2.29. The lowest BCUT2D eigenvalue weighted by Gasteiger charge is -2.09. The normalized spacial score (nSPS) is 13.5. The van der Waals surface area contributed by atoms with E-state index in [2.05, 4.69) is 56.8 Å². The number of fused-ring (bicyclic) bond motifs is 1. The maximum atomic E-state index is 5.79. The van der Waals surface area contributed by atoms with Gasteiger partial charge in [-0.3, -0.25) is 0 Å². The van der Waals surface area contributed by atoms with Gasteiger partial charge >= 0.3 is 0 Å². The molecule has 2 rings (SSSR count). The molecule has 1 unspecified atom stereocenters. The summed E-state index contributed by atoms with van der Waals surface area (Å²) >= 11 is 0. The van der Waals surface area contributed by atoms with E-state index in [0.29, 0.717) is 18.4 Å². The average Bonchev–Trinajstić information content (AvgIpc) is 2.65. The van der Waals surface area contributed by atoms with E-state index in [1.165, 1.54) is 22.0 Å². The molecule has 2 heteroatoms. The molecule has 2 N–H and O–H groups in total. The van der Waals surface area contributed by atoms with E-state index in [9.17, 15) is 0 Å². The van der Waals surface area contributed by atoms with Crippen LogP contribution >= 0.6 is 0 Å². The lowest BCUT2D eigenvalue weighted by Crippen LogP contribution is -2.08. The molecule has 2 nitrogen and oxygen atoms in total. The Kier molecular flexibility index (Phi) is 3.25. The minimum absolute atomic E-state index is 0.418. The van der Waals surface area contributed by atoms with Crippen LogP contribution in [0.5, 0.6) is 0 Å². The zero-order valence-electron chi connectivity index (χ0n) is 11.2. The lowest BCUT2D eigenvalue weighted by molar-refractivity contribution is 0.773. The summed E-state index contributed by atoms with van der Waals surface area (Å²) in [4.78, 5) is 0. The molecule has 1 heterocycles. The van der Waals surface area contributed by atoms with Gasteiger partial charge < -0.3 is 10.3 Å². The van der Waals surface area contributed by atoms with Gasteiger partial charge in [0.1, 0.15) is 0 Å². The zero-order chi connectivity index (χ0) is 12.6. The Hall–Kier alpha value is -1.28. The van der Waals surface area contributed by atoms with Crippen LogP contribution < -0.4 is 5.73 Å². The second-order valence-corrected chi connectivity index (χ2v) is 5.26. The van der Waals surface area contributed by atoms with Gasteiger partial charge in [-0.05, 0) is 41.6 Å². The van der Waals surface area contributed by atoms with Crippen molar-refractivity contribution >= 4 is 10.9 Å². The fourth-order valence-electron chi connectivity index (χ4n) is 2.32. The van der Waals surface area contributed by atoms with Crippen molar-refractivity contribution in [1.82, 2.24) is 4.57 Å². The molecule has 1 atom stereocenters. The van der Waals surface area contributed by atoms with Crippen molar-refractivity contribution in [2.24, 2.45) is 12.8 Å². The number of hydrogen-bond acceptors (Lipinski definition) is 1. The van der Waals surface area contributed by atoms with Gasteiger partial charge in [-0.1, -0.05) is 26.8 Å². The Morgan fingerprint density at radius 3 is 2.53 bits per heavy atom. The lowest BCUT2D eigenvalue weighted by atomic mass is 9.96. The fourth-order valence-corrected chi connectivity index (χ4v) is 2.32. The Bertz CT molecular complexity index is 523. The van der Waals surface area contributed by atoms with E-state index in [0.717, 1.165) is 0 Å². The monoisotopic (exact) mass is 230 g/mol. The van der Waals surface area contributed by atoms with Crippen LogP contribution in [0.15, 0.2) is 24.4 Å². The second kappa shape index (κ2) is 4.53. The maximum Gasteiger partial charge on any atom is 0.0480 e. The van der Waals surface area contributed by atoms with E-state index in [1.807, 2.05) is 0 Å². The summed E-state index contributed by atoms with van der Waals surface area (Å²) < 4.78 is 2.20. The molecule has 0 amide bonds. The van der Waals surface area contributed by atoms with Crippen molar-refractivity contribution < 1.29 is 0 Å². The van der Waals surface area contributed by atoms with Gasteiger partial charge in [0, 0.05) is 24.1 Å². The number of benzene rings is 1. The van der Waals surface area contributed by atoms with Crippen LogP contribution in [0, 0.1) is 0 Å². The van der Waals surface area contributed by atoms with Crippen LogP contribution in [0.3, 0.4) is 0 Å². The van der Waals surface area contributed by atoms with Gasteiger partial charge in [0.25, 0.3) is 0 Å². The van der Waals surface area contributed by atoms with Crippen LogP contribution in [-0.2, 0) is 7.05 Å². The molecule has 0 bridgehead atoms. The minimum Gasteiger partial charge on any atom is -0.350 e. The standard InChI is InChI=1S/C15H22N2/c1-10(2)12-5-6-15-13(7-12)14(9-17(15)4)11(3)8-16/h5-7,9-11H,8,16H2,1-4H3. The molecule has 2 aromatic rings. The first-order valence-corrected chi connectivity index (χ1v) is 6.33. The van der Waals surface area contributed by atoms with Crippen LogP contribution in [0.1, 0.15) is 43.7 Å². The third kappa shape index (κ3) is 2.09. The Labute approximate surface area is 103 Å². The van der Waals surface area contributed by atoms with E-state index >= 15 is 0 Å². The average molecular weight is 230 g/mol. The summed E-state index contributed by atoms with van der Waals surface area (Å²) in [5, 5.41) is 1.36. The van der Waals surface area contributed by atoms with E-state index < -0.39 is 0 Å². The topological polar surface area (TPSA) is 30.9 Å². The van der Waals surface area contributed by atoms with E-state index in [4.69, 9.17) is 5.73 Å². The molecule has 0 saturated carbocycles. The number of rotatable bonds is 3. The van der Waals surface area contributed by atoms with Crippen LogP contribution in [0.4, 0.5) is 0 Å². The molecular formula is C15H22N2. The highest BCUT2D eigenvalue weighted by molar-refractivity contribution is 5.85. The summed E-state index contributed by atoms with van der Waals surface area (Å²) in [7, 11) is 2.10. The number of hydrogen-bond donors (Lipinski definition) is 1. The first-order chi connectivity index (χ1) is 8.04. The molecule has 92 valence electrons. The fraction of sp³-hybridized carbons (Fsp3) is 0.467. The molecule has 0 aliphatic carbocycles. The van der Waals surface area contributed by atoms with Gasteiger partial charge in [-0.25, -0.2) is 0 Å². The smallest absolute Gasteiger partial charge is 0.0480 e. The summed E-state index contributed by atoms with van der Waals surface area (Å²) in [5.74, 6) is 0.988. The number of nitrogens with two attached hydrogens (primary N) is 1. The van der Waals surface area contributed by atoms with Gasteiger partial charge in [0.2, 0.25) is 0 Å². The molecular weight excluding hydrogens is 208 g/mol. The molecule has 0 aliphatic rings. The third-order valence-corrected chi connectivity index (χ3v) is 3.60. The van der Waals surface area contributed by atoms with Gasteiger partial charge in [-0.15, -0.1) is 0 Å². The largest absolute Gasteiger partial charge is 0.350 e. The van der Waals surface area contributed by atoms with E-state index in [1.54, 1.807) is 0 Å². The summed E-state index contributed by atoms with van der Waals surface area (Å²) in [6, 6.07) is 6.77. The van der Waals surface area contributed by atoms with Crippen molar-refractivity contribution in [1.29, 1.82) is 0 Å². The predicted octanol–water partition coefficient (Wildman–Crippen LogP) is 3.36. The Morgan fingerprint density at radius 2 is 1.94 bits per heavy atom. The Balaban J connectivity index is 2.64. The Morgan fingerprint density at radius 1 is 1.24 bits per heavy atom. The molecule has 0 fully saturated rings. The number of aromatic nitrogens is 1. The van der Waals surface area contributed by atoms with Crippen molar-refractivity contribution in [3.8, 4) is 0 Å². The SMILES string of the molecule is CC(C)c1ccc2c(c1)c(C(C)CN)cn2C. The van der Waals surface area contributed by atoms with Crippen molar-refractivity contribution in [2.75, 3.05) is 6.54 Å². The van der Waals surface area contributed by atoms with Crippen molar-refractivity contribution in [3.63, 3.8) is 0 Å². The highest BCUT2D eigenvalue weighted by atomic mass is 14.9. The third-order valence-electron chi connectivity index (χ3n) is 3.60. The molecule has 17 heavy (non-hydrogen) atoms. The summed E-state index contributed by atoms with van der Waals surface area (Å²) in [6.45, 7) is 7.36. The predicted molar refractivity (Wildman–Crippen MR) is 74.5 cm³/mol. The summed E-state index contributed by atoms with van der Waals surface area (Å²) in [5.41, 5.74) is 9.85. The number of nitrogens with zero attached hydrogens (tertiary/aromatic N) is 1. The van der Waals surface area contributed by atoms with Gasteiger partial charge in [0.15, 0.2) is 0 Å². The van der Waals surface area contributed by atoms with Crippen LogP contribution in [0.25, 0.3) is 10.9 Å². The minimum atomic E-state index is 0.418. The van der Waals surface area contributed by atoms with Crippen LogP contribution in [0.2, 0.25) is 0 Å². The zero-order valence-corrected chi connectivity index (χ0v) is 11.2. The van der Waals surface area contributed by atoms with Gasteiger partial charge in [-0.2, -0.15) is 0 Å². The summed E-state index contributed by atoms with van der Waals surface area (Å²) in [6.07, 6.45) is 2.21. The quantitative estimate of drug-likeness (QED) is 0.861. The van der Waals surface area contributed by atoms with Crippen LogP contribution in [-0.4, -0.2) is 11.1 Å². The molecule has 1 aromatic heterocycles. The van der Waals surface area contributed by atoms with E-state index in [-0.39, 0.29) is 0 Å². The second-order valence-electron chi connectivity index (χ2n) is 5.26. The number of aryl methyl sites for hydroxylation is 1. The molecule has 0 radical (unpaired) electrons. The van der Waals surface area contributed by atoms with Gasteiger partial charge in [0.05, 0.1) is 0 Å². The van der Waals surface area contributed by atoms with Crippen molar-refractivity contribution in [2.45, 2.75) is 32.6 Å². The molecule has 0 saturated heterocycles.